The quantitative estimate of drug-likeness (QED) is 0.655. The van der Waals surface area contributed by atoms with E-state index in [4.69, 9.17) is 9.47 Å². The van der Waals surface area contributed by atoms with Gasteiger partial charge in [0, 0.05) is 31.3 Å². The zero-order valence-corrected chi connectivity index (χ0v) is 16.0. The van der Waals surface area contributed by atoms with E-state index in [9.17, 15) is 9.50 Å². The number of nitrogens with one attached hydrogen (secondary N) is 1. The molecule has 0 bridgehead atoms. The largest absolute Gasteiger partial charge is 0.493 e. The lowest BCUT2D eigenvalue weighted by Crippen LogP contribution is -2.48. The van der Waals surface area contributed by atoms with E-state index < -0.39 is 11.9 Å². The Hall–Kier alpha value is -3.04. The Balaban J connectivity index is 1.34. The number of hydrogen-bond acceptors (Lipinski definition) is 7. The maximum atomic E-state index is 13.3. The molecule has 1 aliphatic heterocycles. The Kier molecular flexibility index (Phi) is 5.68. The first-order valence-electron chi connectivity index (χ1n) is 9.36. The van der Waals surface area contributed by atoms with Crippen molar-refractivity contribution >= 4 is 0 Å². The van der Waals surface area contributed by atoms with Crippen LogP contribution in [0.15, 0.2) is 42.5 Å². The van der Waals surface area contributed by atoms with E-state index in [-0.39, 0.29) is 6.10 Å². The molecular weight excluding hydrogens is 377 g/mol. The third-order valence-corrected chi connectivity index (χ3v) is 4.97. The first kappa shape index (κ1) is 19.3. The molecule has 0 spiro atoms. The maximum Gasteiger partial charge on any atom is 0.204 e. The average Bonchev–Trinajstić information content (AvgIpc) is 3.26. The van der Waals surface area contributed by atoms with E-state index in [2.05, 4.69) is 25.5 Å². The minimum absolute atomic E-state index is 0.321. The molecule has 1 saturated heterocycles. The van der Waals surface area contributed by atoms with Crippen LogP contribution in [0.25, 0.3) is 11.4 Å². The van der Waals surface area contributed by atoms with Gasteiger partial charge in [-0.15, -0.1) is 10.2 Å². The van der Waals surface area contributed by atoms with E-state index in [1.54, 1.807) is 0 Å². The highest BCUT2D eigenvalue weighted by molar-refractivity contribution is 5.54. The molecule has 2 heterocycles. The maximum absolute atomic E-state index is 13.3. The molecule has 2 aromatic carbocycles. The standard InChI is InChI=1S/C20H22FN5O3/c1-28-19-10-15(21)6-7-18(19)29-17-8-9-26(12-16(17)27)11-13-2-4-14(5-3-13)20-22-24-25-23-20/h2-7,10,16-17,27H,8-9,11-12H2,1H3,(H,22,23,24,25)/t16-,17-/m1/s1. The van der Waals surface area contributed by atoms with Crippen molar-refractivity contribution in [1.82, 2.24) is 25.5 Å². The highest BCUT2D eigenvalue weighted by Crippen LogP contribution is 2.30. The van der Waals surface area contributed by atoms with Gasteiger partial charge in [0.15, 0.2) is 11.5 Å². The van der Waals surface area contributed by atoms with Gasteiger partial charge in [0.1, 0.15) is 18.0 Å². The van der Waals surface area contributed by atoms with Crippen molar-refractivity contribution in [3.8, 4) is 22.9 Å². The van der Waals surface area contributed by atoms with Gasteiger partial charge in [0.25, 0.3) is 0 Å². The Morgan fingerprint density at radius 3 is 2.72 bits per heavy atom. The zero-order valence-electron chi connectivity index (χ0n) is 16.0. The van der Waals surface area contributed by atoms with Gasteiger partial charge < -0.3 is 14.6 Å². The number of aliphatic hydroxyl groups excluding tert-OH is 1. The van der Waals surface area contributed by atoms with Gasteiger partial charge in [0.2, 0.25) is 5.82 Å². The van der Waals surface area contributed by atoms with E-state index in [0.29, 0.717) is 30.3 Å². The number of methoxy groups -OCH3 is 1. The van der Waals surface area contributed by atoms with Gasteiger partial charge in [-0.05, 0) is 29.3 Å². The van der Waals surface area contributed by atoms with Crippen LogP contribution in [0.2, 0.25) is 0 Å². The van der Waals surface area contributed by atoms with E-state index >= 15 is 0 Å². The van der Waals surface area contributed by atoms with Crippen molar-refractivity contribution in [3.05, 3.63) is 53.8 Å². The van der Waals surface area contributed by atoms with Gasteiger partial charge in [-0.3, -0.25) is 4.90 Å². The fraction of sp³-hybridized carbons (Fsp3) is 0.350. The Bertz CT molecular complexity index is 936. The minimum Gasteiger partial charge on any atom is -0.493 e. The number of halogens is 1. The molecule has 1 aliphatic rings. The Morgan fingerprint density at radius 1 is 1.21 bits per heavy atom. The van der Waals surface area contributed by atoms with Crippen LogP contribution in [-0.2, 0) is 6.54 Å². The number of likely N-dealkylation sites (tertiary alicyclic amines) is 1. The number of piperidine rings is 1. The van der Waals surface area contributed by atoms with Crippen molar-refractivity contribution in [1.29, 1.82) is 0 Å². The number of benzene rings is 2. The molecule has 4 rings (SSSR count). The third-order valence-electron chi connectivity index (χ3n) is 4.97. The first-order valence-corrected chi connectivity index (χ1v) is 9.36. The van der Waals surface area contributed by atoms with E-state index in [1.807, 2.05) is 24.3 Å². The lowest BCUT2D eigenvalue weighted by molar-refractivity contribution is -0.0283. The summed E-state index contributed by atoms with van der Waals surface area (Å²) in [5.74, 6) is 0.917. The molecule has 2 N–H and O–H groups in total. The summed E-state index contributed by atoms with van der Waals surface area (Å²) in [5, 5.41) is 24.5. The molecule has 0 aliphatic carbocycles. The molecule has 29 heavy (non-hydrogen) atoms. The van der Waals surface area contributed by atoms with Crippen LogP contribution in [0, 0.1) is 5.82 Å². The third kappa shape index (κ3) is 4.52. The summed E-state index contributed by atoms with van der Waals surface area (Å²) in [6.45, 7) is 1.98. The van der Waals surface area contributed by atoms with Gasteiger partial charge >= 0.3 is 0 Å². The first-order chi connectivity index (χ1) is 14.1. The van der Waals surface area contributed by atoms with Crippen molar-refractivity contribution in [2.24, 2.45) is 0 Å². The van der Waals surface area contributed by atoms with Gasteiger partial charge in [-0.2, -0.15) is 5.21 Å². The molecule has 0 unspecified atom stereocenters. The zero-order chi connectivity index (χ0) is 20.2. The minimum atomic E-state index is -0.655. The number of H-pyrrole nitrogens is 1. The van der Waals surface area contributed by atoms with Crippen molar-refractivity contribution in [3.63, 3.8) is 0 Å². The fourth-order valence-corrected chi connectivity index (χ4v) is 3.46. The molecule has 0 saturated carbocycles. The summed E-state index contributed by atoms with van der Waals surface area (Å²) in [7, 11) is 1.46. The summed E-state index contributed by atoms with van der Waals surface area (Å²) in [5.41, 5.74) is 2.02. The number of aromatic amines is 1. The lowest BCUT2D eigenvalue weighted by Gasteiger charge is -2.36. The Morgan fingerprint density at radius 2 is 2.03 bits per heavy atom. The molecule has 2 atom stereocenters. The van der Waals surface area contributed by atoms with Crippen LogP contribution < -0.4 is 9.47 Å². The lowest BCUT2D eigenvalue weighted by atomic mass is 10.0. The Labute approximate surface area is 167 Å². The number of β-amino-alcohol motifs (C(OH)–C–C–N with tert-alkyl or cyclic N) is 1. The van der Waals surface area contributed by atoms with E-state index in [1.165, 1.54) is 25.3 Å². The van der Waals surface area contributed by atoms with Crippen LogP contribution in [0.3, 0.4) is 0 Å². The number of rotatable bonds is 6. The summed E-state index contributed by atoms with van der Waals surface area (Å²) >= 11 is 0. The van der Waals surface area contributed by atoms with E-state index in [0.717, 1.165) is 24.2 Å². The molecule has 1 aromatic heterocycles. The second-order valence-corrected chi connectivity index (χ2v) is 6.97. The van der Waals surface area contributed by atoms with Gasteiger partial charge in [-0.1, -0.05) is 24.3 Å². The van der Waals surface area contributed by atoms with Crippen molar-refractivity contribution in [2.45, 2.75) is 25.2 Å². The number of tetrazole rings is 1. The summed E-state index contributed by atoms with van der Waals surface area (Å²) in [6, 6.07) is 12.1. The molecule has 0 radical (unpaired) electrons. The summed E-state index contributed by atoms with van der Waals surface area (Å²) in [4.78, 5) is 2.18. The SMILES string of the molecule is COc1cc(F)ccc1O[C@@H]1CCN(Cc2ccc(-c3nn[nH]n3)cc2)C[C@H]1O. The summed E-state index contributed by atoms with van der Waals surface area (Å²) < 4.78 is 24.4. The van der Waals surface area contributed by atoms with Gasteiger partial charge in [-0.25, -0.2) is 4.39 Å². The van der Waals surface area contributed by atoms with Crippen LogP contribution in [-0.4, -0.2) is 63.0 Å². The van der Waals surface area contributed by atoms with Crippen LogP contribution in [0.5, 0.6) is 11.5 Å². The predicted molar refractivity (Wildman–Crippen MR) is 103 cm³/mol. The number of aromatic nitrogens is 4. The number of ether oxygens (including phenoxy) is 2. The smallest absolute Gasteiger partial charge is 0.204 e. The van der Waals surface area contributed by atoms with Crippen LogP contribution in [0.4, 0.5) is 4.39 Å². The highest BCUT2D eigenvalue weighted by atomic mass is 19.1. The molecule has 152 valence electrons. The number of hydrogen-bond donors (Lipinski definition) is 2. The fourth-order valence-electron chi connectivity index (χ4n) is 3.46. The topological polar surface area (TPSA) is 96.4 Å². The normalized spacial score (nSPS) is 19.8. The molecule has 9 heteroatoms. The van der Waals surface area contributed by atoms with Crippen LogP contribution >= 0.6 is 0 Å². The average molecular weight is 399 g/mol. The molecule has 8 nitrogen and oxygen atoms in total. The molecular formula is C20H22FN5O3. The number of aliphatic hydroxyl groups is 1. The van der Waals surface area contributed by atoms with Gasteiger partial charge in [0.05, 0.1) is 7.11 Å². The molecule has 3 aromatic rings. The second-order valence-electron chi connectivity index (χ2n) is 6.97. The number of nitrogens with zero attached hydrogens (tertiary/aromatic N) is 4. The second kappa shape index (κ2) is 8.54. The molecule has 1 fully saturated rings. The predicted octanol–water partition coefficient (Wildman–Crippen LogP) is 2.03. The molecule has 0 amide bonds. The summed E-state index contributed by atoms with van der Waals surface area (Å²) in [6.07, 6.45) is -0.369. The van der Waals surface area contributed by atoms with Crippen molar-refractivity contribution < 1.29 is 19.0 Å². The van der Waals surface area contributed by atoms with Crippen molar-refractivity contribution in [2.75, 3.05) is 20.2 Å². The highest BCUT2D eigenvalue weighted by Gasteiger charge is 2.30. The van der Waals surface area contributed by atoms with Crippen LogP contribution in [0.1, 0.15) is 12.0 Å². The monoisotopic (exact) mass is 399 g/mol.